The Morgan fingerprint density at radius 2 is 1.85 bits per heavy atom. The fourth-order valence-corrected chi connectivity index (χ4v) is 3.06. The van der Waals surface area contributed by atoms with Crippen LogP contribution in [0.15, 0.2) is 42.5 Å². The molecule has 7 nitrogen and oxygen atoms in total. The average Bonchev–Trinajstić information content (AvgIpc) is 2.73. The highest BCUT2D eigenvalue weighted by Gasteiger charge is 2.23. The van der Waals surface area contributed by atoms with Gasteiger partial charge in [-0.1, -0.05) is 6.07 Å². The summed E-state index contributed by atoms with van der Waals surface area (Å²) in [7, 11) is 3.28. The third-order valence-corrected chi connectivity index (χ3v) is 4.54. The molecule has 0 atom stereocenters. The van der Waals surface area contributed by atoms with Gasteiger partial charge in [0.1, 0.15) is 11.5 Å². The molecule has 0 saturated carbocycles. The van der Waals surface area contributed by atoms with Gasteiger partial charge in [-0.05, 0) is 30.3 Å². The minimum absolute atomic E-state index is 0.164. The molecule has 1 N–H and O–H groups in total. The largest absolute Gasteiger partial charge is 0.497 e. The van der Waals surface area contributed by atoms with Crippen LogP contribution in [0.25, 0.3) is 0 Å². The molecule has 0 aromatic heterocycles. The number of benzene rings is 2. The third kappa shape index (κ3) is 4.23. The Balaban J connectivity index is 1.63. The molecule has 1 fully saturated rings. The lowest BCUT2D eigenvalue weighted by atomic mass is 10.2. The van der Waals surface area contributed by atoms with Gasteiger partial charge in [0.25, 0.3) is 0 Å². The number of anilines is 2. The summed E-state index contributed by atoms with van der Waals surface area (Å²) in [6, 6.07) is 14.5. The lowest BCUT2D eigenvalue weighted by molar-refractivity contribution is 0.208. The summed E-state index contributed by atoms with van der Waals surface area (Å²) in [4.78, 5) is 16.5. The van der Waals surface area contributed by atoms with E-state index in [2.05, 4.69) is 16.3 Å². The molecule has 27 heavy (non-hydrogen) atoms. The van der Waals surface area contributed by atoms with E-state index in [1.807, 2.05) is 18.2 Å². The molecule has 2 aromatic carbocycles. The van der Waals surface area contributed by atoms with Crippen LogP contribution < -0.4 is 19.7 Å². The zero-order chi connectivity index (χ0) is 19.2. The number of ether oxygens (including phenoxy) is 2. The molecule has 0 aliphatic carbocycles. The van der Waals surface area contributed by atoms with Crippen molar-refractivity contribution in [3.05, 3.63) is 48.0 Å². The van der Waals surface area contributed by atoms with E-state index in [9.17, 15) is 4.79 Å². The normalized spacial score (nSPS) is 13.7. The number of rotatable bonds is 4. The quantitative estimate of drug-likeness (QED) is 0.900. The zero-order valence-corrected chi connectivity index (χ0v) is 15.4. The number of nitrogens with zero attached hydrogens (tertiary/aromatic N) is 3. The van der Waals surface area contributed by atoms with Crippen molar-refractivity contribution >= 4 is 17.4 Å². The molecule has 7 heteroatoms. The van der Waals surface area contributed by atoms with E-state index < -0.39 is 0 Å². The highest BCUT2D eigenvalue weighted by molar-refractivity contribution is 5.89. The van der Waals surface area contributed by atoms with Crippen molar-refractivity contribution in [2.75, 3.05) is 50.6 Å². The molecule has 0 radical (unpaired) electrons. The molecule has 2 aromatic rings. The first kappa shape index (κ1) is 18.4. The maximum atomic E-state index is 12.5. The Kier molecular flexibility index (Phi) is 5.67. The molecular weight excluding hydrogens is 344 g/mol. The number of hydrogen-bond donors (Lipinski definition) is 1. The van der Waals surface area contributed by atoms with Gasteiger partial charge < -0.3 is 24.6 Å². The molecule has 2 amide bonds. The van der Waals surface area contributed by atoms with E-state index in [1.54, 1.807) is 43.4 Å². The Labute approximate surface area is 158 Å². The Bertz CT molecular complexity index is 855. The monoisotopic (exact) mass is 366 g/mol. The lowest BCUT2D eigenvalue weighted by Gasteiger charge is -2.36. The number of carbonyl (C=O) groups is 1. The number of nitrogens with one attached hydrogen (secondary N) is 1. The molecule has 3 rings (SSSR count). The van der Waals surface area contributed by atoms with Crippen molar-refractivity contribution < 1.29 is 14.3 Å². The van der Waals surface area contributed by atoms with E-state index >= 15 is 0 Å². The van der Waals surface area contributed by atoms with Crippen LogP contribution in [0.5, 0.6) is 11.5 Å². The van der Waals surface area contributed by atoms with Gasteiger partial charge >= 0.3 is 6.03 Å². The van der Waals surface area contributed by atoms with E-state index in [-0.39, 0.29) is 6.03 Å². The number of hydrogen-bond acceptors (Lipinski definition) is 5. The second-order valence-corrected chi connectivity index (χ2v) is 6.13. The lowest BCUT2D eigenvalue weighted by Crippen LogP contribution is -2.50. The summed E-state index contributed by atoms with van der Waals surface area (Å²) in [5, 5.41) is 11.8. The summed E-state index contributed by atoms with van der Waals surface area (Å²) < 4.78 is 10.8. The van der Waals surface area contributed by atoms with Crippen LogP contribution in [0, 0.1) is 11.3 Å². The molecule has 1 saturated heterocycles. The number of amides is 2. The van der Waals surface area contributed by atoms with Gasteiger partial charge in [-0.15, -0.1) is 0 Å². The molecule has 1 heterocycles. The highest BCUT2D eigenvalue weighted by atomic mass is 16.5. The highest BCUT2D eigenvalue weighted by Crippen LogP contribution is 2.32. The maximum absolute atomic E-state index is 12.5. The predicted octanol–water partition coefficient (Wildman–Crippen LogP) is 2.93. The Morgan fingerprint density at radius 1 is 1.07 bits per heavy atom. The summed E-state index contributed by atoms with van der Waals surface area (Å²) in [6.07, 6.45) is 0. The van der Waals surface area contributed by atoms with E-state index in [4.69, 9.17) is 14.7 Å². The van der Waals surface area contributed by atoms with E-state index in [0.29, 0.717) is 37.4 Å². The van der Waals surface area contributed by atoms with Gasteiger partial charge in [-0.2, -0.15) is 5.26 Å². The summed E-state index contributed by atoms with van der Waals surface area (Å²) >= 11 is 0. The van der Waals surface area contributed by atoms with Crippen LogP contribution in [0.3, 0.4) is 0 Å². The summed E-state index contributed by atoms with van der Waals surface area (Å²) in [6.45, 7) is 2.55. The van der Waals surface area contributed by atoms with Crippen LogP contribution in [0.1, 0.15) is 5.56 Å². The number of nitriles is 1. The second kappa shape index (κ2) is 8.32. The molecule has 140 valence electrons. The molecule has 1 aliphatic rings. The molecule has 0 bridgehead atoms. The minimum atomic E-state index is -0.164. The van der Waals surface area contributed by atoms with Crippen LogP contribution in [-0.2, 0) is 0 Å². The zero-order valence-electron chi connectivity index (χ0n) is 15.4. The number of urea groups is 1. The van der Waals surface area contributed by atoms with Gasteiger partial charge in [0.05, 0.1) is 31.5 Å². The van der Waals surface area contributed by atoms with Gasteiger partial charge in [0.2, 0.25) is 0 Å². The average molecular weight is 366 g/mol. The van der Waals surface area contributed by atoms with E-state index in [1.165, 1.54) is 0 Å². The Morgan fingerprint density at radius 3 is 2.52 bits per heavy atom. The van der Waals surface area contributed by atoms with Crippen LogP contribution in [0.4, 0.5) is 16.2 Å². The SMILES string of the molecule is COc1ccc(OC)c(N2CCN(C(=O)Nc3cccc(C#N)c3)CC2)c1. The standard InChI is InChI=1S/C20H22N4O3/c1-26-17-6-7-19(27-2)18(13-17)23-8-10-24(11-9-23)20(25)22-16-5-3-4-15(12-16)14-21/h3-7,12-13H,8-11H2,1-2H3,(H,22,25). The first-order chi connectivity index (χ1) is 13.1. The second-order valence-electron chi connectivity index (χ2n) is 6.13. The smallest absolute Gasteiger partial charge is 0.321 e. The van der Waals surface area contributed by atoms with Crippen molar-refractivity contribution in [2.24, 2.45) is 0 Å². The van der Waals surface area contributed by atoms with Crippen LogP contribution in [-0.4, -0.2) is 51.3 Å². The van der Waals surface area contributed by atoms with Crippen LogP contribution >= 0.6 is 0 Å². The van der Waals surface area contributed by atoms with E-state index in [0.717, 1.165) is 17.2 Å². The van der Waals surface area contributed by atoms with Gasteiger partial charge in [-0.3, -0.25) is 0 Å². The maximum Gasteiger partial charge on any atom is 0.321 e. The van der Waals surface area contributed by atoms with Crippen molar-refractivity contribution in [3.63, 3.8) is 0 Å². The fraction of sp³-hybridized carbons (Fsp3) is 0.300. The van der Waals surface area contributed by atoms with Gasteiger partial charge in [-0.25, -0.2) is 4.79 Å². The predicted molar refractivity (Wildman–Crippen MR) is 104 cm³/mol. The van der Waals surface area contributed by atoms with Crippen molar-refractivity contribution in [3.8, 4) is 17.6 Å². The molecule has 0 spiro atoms. The fourth-order valence-electron chi connectivity index (χ4n) is 3.06. The van der Waals surface area contributed by atoms with Gasteiger partial charge in [0, 0.05) is 37.9 Å². The summed E-state index contributed by atoms with van der Waals surface area (Å²) in [5.74, 6) is 1.55. The first-order valence-corrected chi connectivity index (χ1v) is 8.67. The third-order valence-electron chi connectivity index (χ3n) is 4.54. The number of methoxy groups -OCH3 is 2. The first-order valence-electron chi connectivity index (χ1n) is 8.67. The topological polar surface area (TPSA) is 77.8 Å². The summed E-state index contributed by atoms with van der Waals surface area (Å²) in [5.41, 5.74) is 2.09. The van der Waals surface area contributed by atoms with Crippen LogP contribution in [0.2, 0.25) is 0 Å². The number of piperazine rings is 1. The Hall–Kier alpha value is -3.40. The molecule has 0 unspecified atom stereocenters. The van der Waals surface area contributed by atoms with Crippen molar-refractivity contribution in [2.45, 2.75) is 0 Å². The van der Waals surface area contributed by atoms with Gasteiger partial charge in [0.15, 0.2) is 0 Å². The van der Waals surface area contributed by atoms with Crippen molar-refractivity contribution in [1.82, 2.24) is 4.90 Å². The molecular formula is C20H22N4O3. The minimum Gasteiger partial charge on any atom is -0.497 e. The number of carbonyl (C=O) groups excluding carboxylic acids is 1. The van der Waals surface area contributed by atoms with Crippen molar-refractivity contribution in [1.29, 1.82) is 5.26 Å². The molecule has 1 aliphatic heterocycles.